The smallest absolute Gasteiger partial charge is 0.225 e. The van der Waals surface area contributed by atoms with Crippen molar-refractivity contribution in [3.05, 3.63) is 17.5 Å². The number of ether oxygens (including phenoxy) is 1. The minimum Gasteiger partial charge on any atom is -0.378 e. The third-order valence-corrected chi connectivity index (χ3v) is 4.22. The zero-order valence-corrected chi connectivity index (χ0v) is 12.3. The second-order valence-electron chi connectivity index (χ2n) is 5.66. The number of fused-ring (bicyclic) bond motifs is 1. The molecule has 1 atom stereocenters. The Hall–Kier alpha value is -1.20. The first-order valence-electron chi connectivity index (χ1n) is 7.75. The van der Waals surface area contributed by atoms with Gasteiger partial charge in [0.05, 0.1) is 13.2 Å². The molecule has 0 radical (unpaired) electrons. The van der Waals surface area contributed by atoms with E-state index in [1.165, 1.54) is 17.7 Å². The number of hydrogen-bond acceptors (Lipinski definition) is 5. The maximum absolute atomic E-state index is 5.38. The van der Waals surface area contributed by atoms with E-state index in [1.807, 2.05) is 6.20 Å². The van der Waals surface area contributed by atoms with Crippen LogP contribution in [0.5, 0.6) is 0 Å². The van der Waals surface area contributed by atoms with E-state index in [-0.39, 0.29) is 0 Å². The lowest BCUT2D eigenvalue weighted by atomic mass is 9.87. The van der Waals surface area contributed by atoms with Crippen LogP contribution in [0.1, 0.15) is 24.6 Å². The molecule has 0 spiro atoms. The fraction of sp³-hybridized carbons (Fsp3) is 0.733. The summed E-state index contributed by atoms with van der Waals surface area (Å²) in [6.07, 6.45) is 5.49. The van der Waals surface area contributed by atoms with Gasteiger partial charge in [-0.2, -0.15) is 0 Å². The largest absolute Gasteiger partial charge is 0.378 e. The van der Waals surface area contributed by atoms with Gasteiger partial charge in [-0.3, -0.25) is 0 Å². The molecule has 1 saturated heterocycles. The minimum atomic E-state index is 0.736. The Balaban J connectivity index is 1.68. The van der Waals surface area contributed by atoms with Crippen LogP contribution in [0.3, 0.4) is 0 Å². The molecule has 1 aromatic rings. The molecule has 1 N–H and O–H groups in total. The zero-order chi connectivity index (χ0) is 13.8. The van der Waals surface area contributed by atoms with E-state index in [4.69, 9.17) is 9.72 Å². The highest BCUT2D eigenvalue weighted by Gasteiger charge is 2.22. The van der Waals surface area contributed by atoms with E-state index in [1.54, 1.807) is 0 Å². The van der Waals surface area contributed by atoms with E-state index in [2.05, 4.69) is 22.1 Å². The topological polar surface area (TPSA) is 50.3 Å². The van der Waals surface area contributed by atoms with Crippen molar-refractivity contribution >= 4 is 5.95 Å². The number of rotatable bonds is 4. The Morgan fingerprint density at radius 1 is 1.40 bits per heavy atom. The molecular formula is C15H24N4O. The predicted octanol–water partition coefficient (Wildman–Crippen LogP) is 1.03. The van der Waals surface area contributed by atoms with Crippen LogP contribution in [-0.2, 0) is 17.6 Å². The lowest BCUT2D eigenvalue weighted by Crippen LogP contribution is -2.37. The lowest BCUT2D eigenvalue weighted by molar-refractivity contribution is 0.122. The summed E-state index contributed by atoms with van der Waals surface area (Å²) in [5.74, 6) is 1.62. The Labute approximate surface area is 120 Å². The second-order valence-corrected chi connectivity index (χ2v) is 5.66. The summed E-state index contributed by atoms with van der Waals surface area (Å²) in [5.41, 5.74) is 2.60. The molecule has 0 aromatic carbocycles. The van der Waals surface area contributed by atoms with E-state index >= 15 is 0 Å². The Morgan fingerprint density at radius 2 is 2.25 bits per heavy atom. The quantitative estimate of drug-likeness (QED) is 0.890. The average Bonchev–Trinajstić information content (AvgIpc) is 2.53. The zero-order valence-electron chi connectivity index (χ0n) is 12.3. The SMILES string of the molecule is CCNCC1CCc2nc(N3CCOCC3)ncc2C1. The van der Waals surface area contributed by atoms with E-state index in [9.17, 15) is 0 Å². The van der Waals surface area contributed by atoms with Crippen molar-refractivity contribution in [1.29, 1.82) is 0 Å². The molecule has 0 amide bonds. The Kier molecular flexibility index (Phi) is 4.47. The average molecular weight is 276 g/mol. The molecule has 2 heterocycles. The van der Waals surface area contributed by atoms with Crippen LogP contribution >= 0.6 is 0 Å². The van der Waals surface area contributed by atoms with Crippen LogP contribution < -0.4 is 10.2 Å². The molecule has 0 bridgehead atoms. The van der Waals surface area contributed by atoms with Crippen LogP contribution in [0.15, 0.2) is 6.20 Å². The highest BCUT2D eigenvalue weighted by molar-refractivity contribution is 5.34. The first kappa shape index (κ1) is 13.8. The van der Waals surface area contributed by atoms with Crippen LogP contribution in [-0.4, -0.2) is 49.4 Å². The van der Waals surface area contributed by atoms with Gasteiger partial charge in [-0.05, 0) is 43.8 Å². The number of hydrogen-bond donors (Lipinski definition) is 1. The monoisotopic (exact) mass is 276 g/mol. The van der Waals surface area contributed by atoms with Crippen LogP contribution in [0.2, 0.25) is 0 Å². The Morgan fingerprint density at radius 3 is 3.05 bits per heavy atom. The Bertz CT molecular complexity index is 445. The summed E-state index contributed by atoms with van der Waals surface area (Å²) < 4.78 is 5.38. The number of anilines is 1. The highest BCUT2D eigenvalue weighted by Crippen LogP contribution is 2.25. The molecule has 3 rings (SSSR count). The standard InChI is InChI=1S/C15H24N4O/c1-2-16-10-12-3-4-14-13(9-12)11-17-15(18-14)19-5-7-20-8-6-19/h11-12,16H,2-10H2,1H3. The molecule has 1 unspecified atom stereocenters. The molecule has 1 aromatic heterocycles. The number of aryl methyl sites for hydroxylation is 1. The van der Waals surface area contributed by atoms with E-state index < -0.39 is 0 Å². The minimum absolute atomic E-state index is 0.736. The molecule has 2 aliphatic rings. The molecule has 5 heteroatoms. The number of nitrogens with one attached hydrogen (secondary N) is 1. The first-order valence-corrected chi connectivity index (χ1v) is 7.75. The number of morpholine rings is 1. The van der Waals surface area contributed by atoms with Crippen LogP contribution in [0.25, 0.3) is 0 Å². The first-order chi connectivity index (χ1) is 9.86. The molecule has 5 nitrogen and oxygen atoms in total. The molecular weight excluding hydrogens is 252 g/mol. The van der Waals surface area contributed by atoms with E-state index in [0.717, 1.165) is 64.1 Å². The van der Waals surface area contributed by atoms with Gasteiger partial charge in [0.15, 0.2) is 0 Å². The number of aromatic nitrogens is 2. The van der Waals surface area contributed by atoms with Crippen molar-refractivity contribution in [2.45, 2.75) is 26.2 Å². The van der Waals surface area contributed by atoms with Crippen molar-refractivity contribution in [3.8, 4) is 0 Å². The van der Waals surface area contributed by atoms with Gasteiger partial charge in [0.2, 0.25) is 5.95 Å². The maximum atomic E-state index is 5.38. The third kappa shape index (κ3) is 3.10. The van der Waals surface area contributed by atoms with Gasteiger partial charge in [-0.1, -0.05) is 6.92 Å². The maximum Gasteiger partial charge on any atom is 0.225 e. The van der Waals surface area contributed by atoms with Crippen LogP contribution in [0.4, 0.5) is 5.95 Å². The summed E-state index contributed by atoms with van der Waals surface area (Å²) in [5, 5.41) is 3.45. The molecule has 1 aliphatic heterocycles. The fourth-order valence-corrected chi connectivity index (χ4v) is 3.01. The molecule has 0 saturated carbocycles. The van der Waals surface area contributed by atoms with Crippen molar-refractivity contribution in [1.82, 2.24) is 15.3 Å². The summed E-state index contributed by atoms with van der Waals surface area (Å²) in [7, 11) is 0. The van der Waals surface area contributed by atoms with Crippen molar-refractivity contribution < 1.29 is 4.74 Å². The summed E-state index contributed by atoms with van der Waals surface area (Å²) in [4.78, 5) is 11.6. The van der Waals surface area contributed by atoms with Gasteiger partial charge in [0, 0.05) is 25.0 Å². The highest BCUT2D eigenvalue weighted by atomic mass is 16.5. The van der Waals surface area contributed by atoms with Gasteiger partial charge in [0.1, 0.15) is 0 Å². The van der Waals surface area contributed by atoms with Gasteiger partial charge in [-0.15, -0.1) is 0 Å². The van der Waals surface area contributed by atoms with Crippen molar-refractivity contribution in [3.63, 3.8) is 0 Å². The van der Waals surface area contributed by atoms with Crippen molar-refractivity contribution in [2.75, 3.05) is 44.3 Å². The number of nitrogens with zero attached hydrogens (tertiary/aromatic N) is 3. The molecule has 1 aliphatic carbocycles. The molecule has 1 fully saturated rings. The molecule has 110 valence electrons. The predicted molar refractivity (Wildman–Crippen MR) is 79.1 cm³/mol. The lowest BCUT2D eigenvalue weighted by Gasteiger charge is -2.29. The van der Waals surface area contributed by atoms with Gasteiger partial charge in [0.25, 0.3) is 0 Å². The van der Waals surface area contributed by atoms with E-state index in [0.29, 0.717) is 0 Å². The summed E-state index contributed by atoms with van der Waals surface area (Å²) >= 11 is 0. The van der Waals surface area contributed by atoms with Crippen molar-refractivity contribution in [2.24, 2.45) is 5.92 Å². The van der Waals surface area contributed by atoms with Gasteiger partial charge in [-0.25, -0.2) is 9.97 Å². The molecule has 20 heavy (non-hydrogen) atoms. The normalized spacial score (nSPS) is 22.6. The van der Waals surface area contributed by atoms with Crippen LogP contribution in [0, 0.1) is 5.92 Å². The third-order valence-electron chi connectivity index (χ3n) is 4.22. The van der Waals surface area contributed by atoms with Gasteiger partial charge >= 0.3 is 0 Å². The van der Waals surface area contributed by atoms with Gasteiger partial charge < -0.3 is 15.0 Å². The fourth-order valence-electron chi connectivity index (χ4n) is 3.01. The summed E-state index contributed by atoms with van der Waals surface area (Å²) in [6.45, 7) is 7.70. The summed E-state index contributed by atoms with van der Waals surface area (Å²) in [6, 6.07) is 0. The second kappa shape index (κ2) is 6.50.